The van der Waals surface area contributed by atoms with Crippen LogP contribution in [0.5, 0.6) is 0 Å². The largest absolute Gasteiger partial charge is 0.349 e. The average Bonchev–Trinajstić information content (AvgIpc) is 3.20. The molecule has 0 aliphatic carbocycles. The summed E-state index contributed by atoms with van der Waals surface area (Å²) in [7, 11) is 0. The molecule has 6 nitrogen and oxygen atoms in total. The van der Waals surface area contributed by atoms with Gasteiger partial charge in [-0.2, -0.15) is 5.10 Å². The second-order valence-corrected chi connectivity index (χ2v) is 8.35. The van der Waals surface area contributed by atoms with Gasteiger partial charge in [0.25, 0.3) is 5.91 Å². The Kier molecular flexibility index (Phi) is 6.53. The van der Waals surface area contributed by atoms with Gasteiger partial charge in [-0.05, 0) is 51.0 Å². The maximum Gasteiger partial charge on any atom is 0.256 e. The van der Waals surface area contributed by atoms with Gasteiger partial charge in [-0.3, -0.25) is 9.59 Å². The highest BCUT2D eigenvalue weighted by Gasteiger charge is 2.30. The second-order valence-electron chi connectivity index (χ2n) is 8.35. The minimum absolute atomic E-state index is 0.0746. The van der Waals surface area contributed by atoms with Crippen molar-refractivity contribution in [3.63, 3.8) is 0 Å². The molecule has 0 radical (unpaired) electrons. The zero-order valence-electron chi connectivity index (χ0n) is 18.6. The molecule has 0 bridgehead atoms. The Hall–Kier alpha value is -3.55. The van der Waals surface area contributed by atoms with Crippen molar-refractivity contribution in [3.05, 3.63) is 83.2 Å². The van der Waals surface area contributed by atoms with Crippen molar-refractivity contribution < 1.29 is 18.4 Å². The maximum atomic E-state index is 13.9. The van der Waals surface area contributed by atoms with E-state index < -0.39 is 17.5 Å². The van der Waals surface area contributed by atoms with Gasteiger partial charge in [-0.25, -0.2) is 13.5 Å². The number of rotatable bonds is 5. The number of hydrogen-bond donors (Lipinski definition) is 1. The van der Waals surface area contributed by atoms with E-state index in [2.05, 4.69) is 10.4 Å². The molecule has 1 aliphatic rings. The highest BCUT2D eigenvalue weighted by molar-refractivity contribution is 5.94. The Bertz CT molecular complexity index is 1150. The summed E-state index contributed by atoms with van der Waals surface area (Å²) in [5, 5.41) is 7.53. The molecule has 0 saturated carbocycles. The van der Waals surface area contributed by atoms with E-state index in [0.29, 0.717) is 32.0 Å². The number of aromatic nitrogens is 2. The number of carbonyl (C=O) groups excluding carboxylic acids is 2. The molecule has 1 unspecified atom stereocenters. The van der Waals surface area contributed by atoms with Crippen molar-refractivity contribution >= 4 is 11.8 Å². The number of piperidine rings is 1. The van der Waals surface area contributed by atoms with Crippen molar-refractivity contribution in [2.45, 2.75) is 32.7 Å². The van der Waals surface area contributed by atoms with Crippen LogP contribution in [-0.4, -0.2) is 39.6 Å². The highest BCUT2D eigenvalue weighted by Crippen LogP contribution is 2.24. The van der Waals surface area contributed by atoms with Gasteiger partial charge in [-0.15, -0.1) is 0 Å². The third kappa shape index (κ3) is 4.79. The monoisotopic (exact) mass is 452 g/mol. The summed E-state index contributed by atoms with van der Waals surface area (Å²) in [6, 6.07) is 12.5. The van der Waals surface area contributed by atoms with Crippen LogP contribution in [0.2, 0.25) is 0 Å². The first-order valence-corrected chi connectivity index (χ1v) is 11.0. The molecule has 33 heavy (non-hydrogen) atoms. The van der Waals surface area contributed by atoms with E-state index in [9.17, 15) is 18.4 Å². The molecule has 2 aromatic carbocycles. The lowest BCUT2D eigenvalue weighted by Gasteiger charge is -2.32. The van der Waals surface area contributed by atoms with Crippen molar-refractivity contribution in [3.8, 4) is 5.69 Å². The molecule has 8 heteroatoms. The van der Waals surface area contributed by atoms with Gasteiger partial charge in [0, 0.05) is 36.3 Å². The lowest BCUT2D eigenvalue weighted by Crippen LogP contribution is -2.43. The Morgan fingerprint density at radius 1 is 1.09 bits per heavy atom. The predicted octanol–water partition coefficient (Wildman–Crippen LogP) is 4.19. The fraction of sp³-hybridized carbons (Fsp3) is 0.320. The normalized spacial score (nSPS) is 15.3. The van der Waals surface area contributed by atoms with Crippen molar-refractivity contribution in [1.29, 1.82) is 0 Å². The number of nitrogens with one attached hydrogen (secondary N) is 1. The lowest BCUT2D eigenvalue weighted by atomic mass is 9.94. The van der Waals surface area contributed by atoms with E-state index in [4.69, 9.17) is 0 Å². The molecule has 3 aromatic rings. The van der Waals surface area contributed by atoms with Crippen molar-refractivity contribution in [2.24, 2.45) is 5.92 Å². The molecule has 0 spiro atoms. The Morgan fingerprint density at radius 2 is 1.79 bits per heavy atom. The number of carbonyl (C=O) groups is 2. The highest BCUT2D eigenvalue weighted by atomic mass is 19.1. The standard InChI is InChI=1S/C25H26F2N4O2/c1-16(22-15-28-31(17(22)2)20-6-4-3-5-7-20)29-24(32)18-10-12-30(13-11-18)25(33)21-9-8-19(26)14-23(21)27/h3-9,14-16,18H,10-13H2,1-2H3,(H,29,32). The molecule has 1 atom stereocenters. The maximum absolute atomic E-state index is 13.9. The lowest BCUT2D eigenvalue weighted by molar-refractivity contribution is -0.127. The van der Waals surface area contributed by atoms with E-state index in [1.54, 1.807) is 6.20 Å². The number of para-hydroxylation sites is 1. The summed E-state index contributed by atoms with van der Waals surface area (Å²) in [5.74, 6) is -2.39. The Morgan fingerprint density at radius 3 is 2.45 bits per heavy atom. The molecule has 1 aliphatic heterocycles. The van der Waals surface area contributed by atoms with Crippen molar-refractivity contribution in [1.82, 2.24) is 20.0 Å². The molecule has 1 saturated heterocycles. The molecule has 1 N–H and O–H groups in total. The Balaban J connectivity index is 1.35. The fourth-order valence-electron chi connectivity index (χ4n) is 4.26. The predicted molar refractivity (Wildman–Crippen MR) is 120 cm³/mol. The number of nitrogens with zero attached hydrogens (tertiary/aromatic N) is 3. The first-order valence-electron chi connectivity index (χ1n) is 11.0. The van der Waals surface area contributed by atoms with Gasteiger partial charge < -0.3 is 10.2 Å². The number of amides is 2. The van der Waals surface area contributed by atoms with E-state index >= 15 is 0 Å². The summed E-state index contributed by atoms with van der Waals surface area (Å²) in [5.41, 5.74) is 2.69. The first-order chi connectivity index (χ1) is 15.8. The van der Waals surface area contributed by atoms with Gasteiger partial charge in [0.1, 0.15) is 11.6 Å². The number of hydrogen-bond acceptors (Lipinski definition) is 3. The number of likely N-dealkylation sites (tertiary alicyclic amines) is 1. The zero-order chi connectivity index (χ0) is 23.5. The van der Waals surface area contributed by atoms with E-state index in [-0.39, 0.29) is 23.4 Å². The number of benzene rings is 2. The van der Waals surface area contributed by atoms with Crippen LogP contribution >= 0.6 is 0 Å². The van der Waals surface area contributed by atoms with Gasteiger partial charge in [0.05, 0.1) is 23.5 Å². The van der Waals surface area contributed by atoms with E-state index in [0.717, 1.165) is 29.1 Å². The van der Waals surface area contributed by atoms with E-state index in [1.165, 1.54) is 4.90 Å². The fourth-order valence-corrected chi connectivity index (χ4v) is 4.26. The van der Waals surface area contributed by atoms with Crippen LogP contribution in [0.1, 0.15) is 47.4 Å². The van der Waals surface area contributed by atoms with Gasteiger partial charge in [0.15, 0.2) is 0 Å². The van der Waals surface area contributed by atoms with Crippen LogP contribution in [0, 0.1) is 24.5 Å². The molecular weight excluding hydrogens is 426 g/mol. The topological polar surface area (TPSA) is 67.2 Å². The first kappa shape index (κ1) is 22.6. The van der Waals surface area contributed by atoms with Gasteiger partial charge in [0.2, 0.25) is 5.91 Å². The van der Waals surface area contributed by atoms with Gasteiger partial charge in [-0.1, -0.05) is 18.2 Å². The number of halogens is 2. The summed E-state index contributed by atoms with van der Waals surface area (Å²) >= 11 is 0. The molecule has 4 rings (SSSR count). The quantitative estimate of drug-likeness (QED) is 0.631. The minimum atomic E-state index is -0.875. The molecule has 172 valence electrons. The van der Waals surface area contributed by atoms with Crippen LogP contribution in [0.25, 0.3) is 5.69 Å². The molecule has 2 heterocycles. The summed E-state index contributed by atoms with van der Waals surface area (Å²) in [6.45, 7) is 4.57. The van der Waals surface area contributed by atoms with Crippen LogP contribution in [0.15, 0.2) is 54.7 Å². The Labute approximate surface area is 191 Å². The summed E-state index contributed by atoms with van der Waals surface area (Å²) in [6.07, 6.45) is 2.73. The summed E-state index contributed by atoms with van der Waals surface area (Å²) in [4.78, 5) is 27.0. The van der Waals surface area contributed by atoms with Gasteiger partial charge >= 0.3 is 0 Å². The average molecular weight is 453 g/mol. The van der Waals surface area contributed by atoms with Crippen LogP contribution in [0.4, 0.5) is 8.78 Å². The second kappa shape index (κ2) is 9.52. The summed E-state index contributed by atoms with van der Waals surface area (Å²) < 4.78 is 28.9. The minimum Gasteiger partial charge on any atom is -0.349 e. The molecule has 1 aromatic heterocycles. The third-order valence-electron chi connectivity index (χ3n) is 6.19. The zero-order valence-corrected chi connectivity index (χ0v) is 18.6. The smallest absolute Gasteiger partial charge is 0.256 e. The third-order valence-corrected chi connectivity index (χ3v) is 6.19. The molecular formula is C25H26F2N4O2. The van der Waals surface area contributed by atoms with Crippen LogP contribution < -0.4 is 5.32 Å². The molecule has 1 fully saturated rings. The van der Waals surface area contributed by atoms with Crippen LogP contribution in [0.3, 0.4) is 0 Å². The van der Waals surface area contributed by atoms with E-state index in [1.807, 2.05) is 48.9 Å². The SMILES string of the molecule is Cc1c(C(C)NC(=O)C2CCN(C(=O)c3ccc(F)cc3F)CC2)cnn1-c1ccccc1. The molecule has 2 amide bonds. The van der Waals surface area contributed by atoms with Crippen LogP contribution in [-0.2, 0) is 4.79 Å². The van der Waals surface area contributed by atoms with Crippen molar-refractivity contribution in [2.75, 3.05) is 13.1 Å².